The molecular formula is C21H30N2O3. The van der Waals surface area contributed by atoms with Gasteiger partial charge < -0.3 is 19.6 Å². The van der Waals surface area contributed by atoms with Crippen molar-refractivity contribution in [2.24, 2.45) is 0 Å². The van der Waals surface area contributed by atoms with Crippen LogP contribution in [0.3, 0.4) is 0 Å². The highest BCUT2D eigenvalue weighted by molar-refractivity contribution is 5.85. The number of H-pyrrole nitrogens is 1. The van der Waals surface area contributed by atoms with E-state index in [2.05, 4.69) is 23.7 Å². The van der Waals surface area contributed by atoms with E-state index in [1.165, 1.54) is 12.8 Å². The molecule has 142 valence electrons. The van der Waals surface area contributed by atoms with Gasteiger partial charge in [0.25, 0.3) is 0 Å². The van der Waals surface area contributed by atoms with Crippen LogP contribution < -0.4 is 4.74 Å². The van der Waals surface area contributed by atoms with Crippen LogP contribution in [0.5, 0.6) is 5.75 Å². The number of hydrogen-bond acceptors (Lipinski definition) is 4. The van der Waals surface area contributed by atoms with E-state index < -0.39 is 6.10 Å². The van der Waals surface area contributed by atoms with Gasteiger partial charge in [0.2, 0.25) is 0 Å². The molecule has 26 heavy (non-hydrogen) atoms. The number of aromatic nitrogens is 1. The Morgan fingerprint density at radius 1 is 1.23 bits per heavy atom. The van der Waals surface area contributed by atoms with Crippen LogP contribution in [0.25, 0.3) is 10.9 Å². The minimum Gasteiger partial charge on any atom is -0.490 e. The molecule has 2 fully saturated rings. The molecule has 0 bridgehead atoms. The average molecular weight is 358 g/mol. The highest BCUT2D eigenvalue weighted by atomic mass is 16.5. The molecule has 1 aromatic heterocycles. The molecule has 4 rings (SSSR count). The quantitative estimate of drug-likeness (QED) is 0.861. The summed E-state index contributed by atoms with van der Waals surface area (Å²) in [4.78, 5) is 5.55. The fourth-order valence-corrected chi connectivity index (χ4v) is 4.78. The first-order valence-corrected chi connectivity index (χ1v) is 9.74. The molecule has 0 radical (unpaired) electrons. The van der Waals surface area contributed by atoms with Gasteiger partial charge in [-0.25, -0.2) is 0 Å². The van der Waals surface area contributed by atoms with Gasteiger partial charge in [-0.1, -0.05) is 18.9 Å². The summed E-state index contributed by atoms with van der Waals surface area (Å²) in [5, 5.41) is 11.6. The zero-order valence-corrected chi connectivity index (χ0v) is 15.8. The largest absolute Gasteiger partial charge is 0.490 e. The van der Waals surface area contributed by atoms with E-state index in [4.69, 9.17) is 9.47 Å². The molecule has 5 heteroatoms. The van der Waals surface area contributed by atoms with Gasteiger partial charge in [0.05, 0.1) is 11.2 Å². The lowest BCUT2D eigenvalue weighted by Gasteiger charge is -2.49. The number of aliphatic hydroxyl groups is 1. The predicted octanol–water partition coefficient (Wildman–Crippen LogP) is 3.33. The molecule has 1 spiro atoms. The fourth-order valence-electron chi connectivity index (χ4n) is 4.78. The topological polar surface area (TPSA) is 57.7 Å². The molecule has 2 N–H and O–H groups in total. The maximum Gasteiger partial charge on any atom is 0.128 e. The van der Waals surface area contributed by atoms with E-state index in [-0.39, 0.29) is 11.2 Å². The van der Waals surface area contributed by atoms with Gasteiger partial charge >= 0.3 is 0 Å². The maximum atomic E-state index is 10.6. The number of hydrogen-bond donors (Lipinski definition) is 2. The van der Waals surface area contributed by atoms with Gasteiger partial charge in [0, 0.05) is 36.7 Å². The van der Waals surface area contributed by atoms with Crippen LogP contribution in [0.15, 0.2) is 30.5 Å². The average Bonchev–Trinajstić information content (AvgIpc) is 3.20. The van der Waals surface area contributed by atoms with Crippen LogP contribution in [0, 0.1) is 0 Å². The third kappa shape index (κ3) is 3.75. The minimum absolute atomic E-state index is 0.0148. The van der Waals surface area contributed by atoms with Crippen LogP contribution in [-0.4, -0.2) is 58.5 Å². The third-order valence-corrected chi connectivity index (χ3v) is 5.58. The van der Waals surface area contributed by atoms with Crippen LogP contribution in [-0.2, 0) is 4.74 Å². The second-order valence-corrected chi connectivity index (χ2v) is 8.58. The van der Waals surface area contributed by atoms with Crippen molar-refractivity contribution in [3.8, 4) is 5.75 Å². The van der Waals surface area contributed by atoms with E-state index in [1.54, 1.807) is 0 Å². The molecule has 1 aromatic carbocycles. The van der Waals surface area contributed by atoms with Crippen LogP contribution in [0.2, 0.25) is 0 Å². The summed E-state index contributed by atoms with van der Waals surface area (Å²) in [6, 6.07) is 7.95. The first-order chi connectivity index (χ1) is 12.4. The molecule has 2 aromatic rings. The van der Waals surface area contributed by atoms with Crippen molar-refractivity contribution in [2.45, 2.75) is 56.8 Å². The van der Waals surface area contributed by atoms with E-state index >= 15 is 0 Å². The summed E-state index contributed by atoms with van der Waals surface area (Å²) < 4.78 is 12.4. The summed E-state index contributed by atoms with van der Waals surface area (Å²) in [6.07, 6.45) is 6.15. The van der Waals surface area contributed by atoms with E-state index in [0.717, 1.165) is 42.6 Å². The van der Waals surface area contributed by atoms with Gasteiger partial charge in [0.1, 0.15) is 18.5 Å². The number of nitrogens with one attached hydrogen (secondary N) is 1. The molecular weight excluding hydrogens is 328 g/mol. The van der Waals surface area contributed by atoms with Gasteiger partial charge in [-0.3, -0.25) is 4.90 Å². The van der Waals surface area contributed by atoms with Crippen LogP contribution in [0.1, 0.15) is 39.5 Å². The zero-order valence-electron chi connectivity index (χ0n) is 15.8. The molecule has 1 unspecified atom stereocenters. The van der Waals surface area contributed by atoms with Gasteiger partial charge in [-0.15, -0.1) is 0 Å². The Hall–Kier alpha value is -1.56. The molecule has 1 atom stereocenters. The Kier molecular flexibility index (Phi) is 4.71. The van der Waals surface area contributed by atoms with Crippen molar-refractivity contribution >= 4 is 10.9 Å². The summed E-state index contributed by atoms with van der Waals surface area (Å²) in [5.41, 5.74) is 0.869. The van der Waals surface area contributed by atoms with Crippen molar-refractivity contribution in [2.75, 3.05) is 26.2 Å². The zero-order chi connectivity index (χ0) is 18.2. The van der Waals surface area contributed by atoms with Crippen molar-refractivity contribution in [1.29, 1.82) is 0 Å². The Labute approximate surface area is 155 Å². The molecule has 1 saturated carbocycles. The van der Waals surface area contributed by atoms with E-state index in [1.807, 2.05) is 30.5 Å². The number of morpholine rings is 1. The standard InChI is InChI=1S/C21H30N2O3/c1-20(2)14-23(15-21(26-20)9-3-4-10-21)12-16(24)13-25-19-7-5-6-18-17(19)8-11-22-18/h5-8,11,16,22,24H,3-4,9-10,12-15H2,1-2H3. The van der Waals surface area contributed by atoms with Crippen LogP contribution in [0.4, 0.5) is 0 Å². The third-order valence-electron chi connectivity index (χ3n) is 5.58. The van der Waals surface area contributed by atoms with Crippen molar-refractivity contribution < 1.29 is 14.6 Å². The number of benzene rings is 1. The Bertz CT molecular complexity index is 749. The summed E-state index contributed by atoms with van der Waals surface area (Å²) in [7, 11) is 0. The molecule has 5 nitrogen and oxygen atoms in total. The fraction of sp³-hybridized carbons (Fsp3) is 0.619. The number of aromatic amines is 1. The van der Waals surface area contributed by atoms with Crippen molar-refractivity contribution in [3.63, 3.8) is 0 Å². The number of rotatable bonds is 5. The number of β-amino-alcohol motifs (C(OH)–C–C–N with tert-alkyl or cyclic N) is 1. The maximum absolute atomic E-state index is 10.6. The first-order valence-electron chi connectivity index (χ1n) is 9.74. The molecule has 1 saturated heterocycles. The second kappa shape index (κ2) is 6.87. The lowest BCUT2D eigenvalue weighted by atomic mass is 9.94. The second-order valence-electron chi connectivity index (χ2n) is 8.58. The van der Waals surface area contributed by atoms with Gasteiger partial charge in [-0.2, -0.15) is 0 Å². The monoisotopic (exact) mass is 358 g/mol. The molecule has 1 aliphatic heterocycles. The van der Waals surface area contributed by atoms with Crippen molar-refractivity contribution in [3.05, 3.63) is 30.5 Å². The summed E-state index contributed by atoms with van der Waals surface area (Å²) >= 11 is 0. The SMILES string of the molecule is CC1(C)CN(CC(O)COc2cccc3[nH]ccc23)CC2(CCCC2)O1. The summed E-state index contributed by atoms with van der Waals surface area (Å²) in [5.74, 6) is 0.817. The van der Waals surface area contributed by atoms with Gasteiger partial charge in [-0.05, 0) is 44.9 Å². The van der Waals surface area contributed by atoms with E-state index in [0.29, 0.717) is 13.2 Å². The number of fused-ring (bicyclic) bond motifs is 1. The Balaban J connectivity index is 1.36. The van der Waals surface area contributed by atoms with E-state index in [9.17, 15) is 5.11 Å². The molecule has 2 heterocycles. The van der Waals surface area contributed by atoms with Crippen LogP contribution >= 0.6 is 0 Å². The number of aliphatic hydroxyl groups excluding tert-OH is 1. The molecule has 0 amide bonds. The predicted molar refractivity (Wildman–Crippen MR) is 103 cm³/mol. The summed E-state index contributed by atoms with van der Waals surface area (Å²) in [6.45, 7) is 7.01. The lowest BCUT2D eigenvalue weighted by molar-refractivity contribution is -0.197. The number of nitrogens with zero attached hydrogens (tertiary/aromatic N) is 1. The highest BCUT2D eigenvalue weighted by Gasteiger charge is 2.45. The molecule has 1 aliphatic carbocycles. The van der Waals surface area contributed by atoms with Crippen molar-refractivity contribution in [1.82, 2.24) is 9.88 Å². The number of ether oxygens (including phenoxy) is 2. The normalized spacial score (nSPS) is 23.5. The smallest absolute Gasteiger partial charge is 0.128 e. The Morgan fingerprint density at radius 2 is 2.04 bits per heavy atom. The Morgan fingerprint density at radius 3 is 2.85 bits per heavy atom. The highest BCUT2D eigenvalue weighted by Crippen LogP contribution is 2.40. The lowest BCUT2D eigenvalue weighted by Crippen LogP contribution is -2.59. The molecule has 2 aliphatic rings. The van der Waals surface area contributed by atoms with Gasteiger partial charge in [0.15, 0.2) is 0 Å². The first kappa shape index (κ1) is 17.8. The minimum atomic E-state index is -0.517.